The predicted molar refractivity (Wildman–Crippen MR) is 99.2 cm³/mol. The van der Waals surface area contributed by atoms with Gasteiger partial charge in [-0.1, -0.05) is 6.07 Å². The molecule has 0 saturated carbocycles. The van der Waals surface area contributed by atoms with E-state index in [2.05, 4.69) is 10.6 Å². The van der Waals surface area contributed by atoms with E-state index >= 15 is 0 Å². The van der Waals surface area contributed by atoms with Crippen LogP contribution in [0.1, 0.15) is 15.9 Å². The quantitative estimate of drug-likeness (QED) is 0.811. The van der Waals surface area contributed by atoms with Crippen molar-refractivity contribution in [2.24, 2.45) is 0 Å². The minimum absolute atomic E-state index is 0.134. The summed E-state index contributed by atoms with van der Waals surface area (Å²) in [4.78, 5) is 24.7. The Hall–Kier alpha value is -2.03. The number of carbonyl (C=O) groups excluding carboxylic acids is 2. The summed E-state index contributed by atoms with van der Waals surface area (Å²) in [5, 5.41) is 7.35. The lowest BCUT2D eigenvalue weighted by Crippen LogP contribution is -2.39. The molecular weight excluding hydrogens is 356 g/mol. The molecule has 0 spiro atoms. The highest BCUT2D eigenvalue weighted by Crippen LogP contribution is 2.20. The summed E-state index contributed by atoms with van der Waals surface area (Å²) in [7, 11) is 0. The van der Waals surface area contributed by atoms with Crippen molar-refractivity contribution in [2.45, 2.75) is 13.0 Å². The minimum Gasteiger partial charge on any atom is -0.487 e. The van der Waals surface area contributed by atoms with Crippen LogP contribution in [-0.2, 0) is 19.0 Å². The van der Waals surface area contributed by atoms with Crippen LogP contribution in [0.25, 0.3) is 0 Å². The molecule has 0 unspecified atom stereocenters. The van der Waals surface area contributed by atoms with Crippen molar-refractivity contribution in [3.63, 3.8) is 0 Å². The number of anilines is 1. The zero-order valence-corrected chi connectivity index (χ0v) is 15.4. The smallest absolute Gasteiger partial charge is 0.291 e. The maximum absolute atomic E-state index is 12.4. The molecule has 2 aliphatic heterocycles. The molecule has 0 bridgehead atoms. The summed E-state index contributed by atoms with van der Waals surface area (Å²) in [6.07, 6.45) is -0.134. The molecule has 2 aliphatic rings. The average Bonchev–Trinajstić information content (AvgIpc) is 2.69. The highest BCUT2D eigenvalue weighted by atomic mass is 32.2. The second kappa shape index (κ2) is 9.07. The van der Waals surface area contributed by atoms with Crippen LogP contribution < -0.4 is 10.6 Å². The summed E-state index contributed by atoms with van der Waals surface area (Å²) < 4.78 is 16.2. The zero-order chi connectivity index (χ0) is 18.4. The molecule has 1 saturated heterocycles. The largest absolute Gasteiger partial charge is 0.487 e. The Morgan fingerprint density at radius 3 is 2.85 bits per heavy atom. The van der Waals surface area contributed by atoms with Crippen LogP contribution in [0.3, 0.4) is 0 Å². The van der Waals surface area contributed by atoms with E-state index in [1.54, 1.807) is 35.4 Å². The molecule has 1 aromatic rings. The van der Waals surface area contributed by atoms with E-state index in [1.807, 2.05) is 6.92 Å². The molecule has 26 heavy (non-hydrogen) atoms. The Morgan fingerprint density at radius 1 is 1.23 bits per heavy atom. The first-order chi connectivity index (χ1) is 12.6. The lowest BCUT2D eigenvalue weighted by Gasteiger charge is -2.23. The van der Waals surface area contributed by atoms with Crippen LogP contribution in [0.15, 0.2) is 29.4 Å². The van der Waals surface area contributed by atoms with Crippen molar-refractivity contribution < 1.29 is 23.8 Å². The van der Waals surface area contributed by atoms with Gasteiger partial charge in [-0.05, 0) is 24.6 Å². The normalized spacial score (nSPS) is 19.9. The molecule has 7 nitrogen and oxygen atoms in total. The number of aryl methyl sites for hydroxylation is 1. The van der Waals surface area contributed by atoms with Crippen molar-refractivity contribution in [1.82, 2.24) is 5.32 Å². The van der Waals surface area contributed by atoms with Gasteiger partial charge in [0.15, 0.2) is 5.76 Å². The van der Waals surface area contributed by atoms with E-state index in [9.17, 15) is 9.59 Å². The maximum Gasteiger partial charge on any atom is 0.291 e. The van der Waals surface area contributed by atoms with Gasteiger partial charge in [0.25, 0.3) is 11.8 Å². The highest BCUT2D eigenvalue weighted by molar-refractivity contribution is 8.02. The molecule has 2 amide bonds. The number of amides is 2. The molecule has 1 fully saturated rings. The molecule has 0 aromatic heterocycles. The molecule has 140 valence electrons. The monoisotopic (exact) mass is 378 g/mol. The number of nitrogens with one attached hydrogen (secondary N) is 2. The van der Waals surface area contributed by atoms with Crippen LogP contribution in [-0.4, -0.2) is 56.6 Å². The topological polar surface area (TPSA) is 85.9 Å². The van der Waals surface area contributed by atoms with Gasteiger partial charge in [-0.25, -0.2) is 0 Å². The third kappa shape index (κ3) is 5.00. The number of benzene rings is 1. The molecule has 2 N–H and O–H groups in total. The van der Waals surface area contributed by atoms with E-state index in [-0.39, 0.29) is 17.9 Å². The Morgan fingerprint density at radius 2 is 2.12 bits per heavy atom. The molecule has 1 aromatic carbocycles. The SMILES string of the molecule is Cc1ccc(C(=O)NC[C@H]2COCCO2)cc1NC(=O)C1=CSCCO1. The number of hydrogen-bond donors (Lipinski definition) is 2. The molecular formula is C18H22N2O5S. The first-order valence-electron chi connectivity index (χ1n) is 8.47. The number of ether oxygens (including phenoxy) is 3. The minimum atomic E-state index is -0.314. The summed E-state index contributed by atoms with van der Waals surface area (Å²) in [5.74, 6) is 0.593. The fourth-order valence-electron chi connectivity index (χ4n) is 2.53. The van der Waals surface area contributed by atoms with E-state index in [0.717, 1.165) is 11.3 Å². The van der Waals surface area contributed by atoms with E-state index in [0.29, 0.717) is 50.0 Å². The fourth-order valence-corrected chi connectivity index (χ4v) is 3.16. The molecule has 8 heteroatoms. The average molecular weight is 378 g/mol. The van der Waals surface area contributed by atoms with E-state index in [1.165, 1.54) is 0 Å². The lowest BCUT2D eigenvalue weighted by molar-refractivity contribution is -0.116. The zero-order valence-electron chi connectivity index (χ0n) is 14.6. The Balaban J connectivity index is 1.61. The van der Waals surface area contributed by atoms with Crippen LogP contribution in [0.5, 0.6) is 0 Å². The van der Waals surface area contributed by atoms with E-state index in [4.69, 9.17) is 14.2 Å². The highest BCUT2D eigenvalue weighted by Gasteiger charge is 2.18. The lowest BCUT2D eigenvalue weighted by atomic mass is 10.1. The Bertz CT molecular complexity index is 701. The second-order valence-corrected chi connectivity index (χ2v) is 6.94. The summed E-state index contributed by atoms with van der Waals surface area (Å²) in [5.41, 5.74) is 1.92. The van der Waals surface area contributed by atoms with Gasteiger partial charge in [0, 0.05) is 29.0 Å². The van der Waals surface area contributed by atoms with Crippen LogP contribution in [0.4, 0.5) is 5.69 Å². The van der Waals surface area contributed by atoms with Gasteiger partial charge >= 0.3 is 0 Å². The van der Waals surface area contributed by atoms with Gasteiger partial charge in [0.2, 0.25) is 0 Å². The molecule has 3 rings (SSSR count). The van der Waals surface area contributed by atoms with E-state index < -0.39 is 0 Å². The Labute approximate surface area is 156 Å². The summed E-state index contributed by atoms with van der Waals surface area (Å²) in [6, 6.07) is 5.19. The maximum atomic E-state index is 12.4. The first-order valence-corrected chi connectivity index (χ1v) is 9.52. The number of thioether (sulfide) groups is 1. The third-order valence-corrected chi connectivity index (χ3v) is 4.78. The molecule has 0 radical (unpaired) electrons. The molecule has 1 atom stereocenters. The van der Waals surface area contributed by atoms with Gasteiger partial charge in [0.05, 0.1) is 32.5 Å². The standard InChI is InChI=1S/C18H22N2O5S/c1-12-2-3-13(17(21)19-9-14-10-23-4-5-24-14)8-15(12)20-18(22)16-11-26-7-6-25-16/h2-3,8,11,14H,4-7,9-10H2,1H3,(H,19,21)(H,20,22)/t14-/m0/s1. The van der Waals surface area contributed by atoms with Gasteiger partial charge in [-0.2, -0.15) is 0 Å². The van der Waals surface area contributed by atoms with Crippen molar-refractivity contribution in [3.05, 3.63) is 40.5 Å². The van der Waals surface area contributed by atoms with Gasteiger partial charge in [-0.15, -0.1) is 11.8 Å². The predicted octanol–water partition coefficient (Wildman–Crippen LogP) is 1.68. The van der Waals surface area contributed by atoms with Gasteiger partial charge in [0.1, 0.15) is 0 Å². The van der Waals surface area contributed by atoms with Crippen LogP contribution in [0, 0.1) is 6.92 Å². The summed E-state index contributed by atoms with van der Waals surface area (Å²) in [6.45, 7) is 4.37. The van der Waals surface area contributed by atoms with Crippen molar-refractivity contribution >= 4 is 29.3 Å². The number of rotatable bonds is 5. The third-order valence-electron chi connectivity index (χ3n) is 4.00. The van der Waals surface area contributed by atoms with Gasteiger partial charge in [-0.3, -0.25) is 9.59 Å². The molecule has 0 aliphatic carbocycles. The Kier molecular flexibility index (Phi) is 6.54. The molecule has 2 heterocycles. The first kappa shape index (κ1) is 18.8. The fraction of sp³-hybridized carbons (Fsp3) is 0.444. The van der Waals surface area contributed by atoms with Crippen molar-refractivity contribution in [3.8, 4) is 0 Å². The van der Waals surface area contributed by atoms with Crippen LogP contribution in [0.2, 0.25) is 0 Å². The van der Waals surface area contributed by atoms with Crippen LogP contribution >= 0.6 is 11.8 Å². The van der Waals surface area contributed by atoms with Crippen molar-refractivity contribution in [2.75, 3.05) is 44.0 Å². The summed E-state index contributed by atoms with van der Waals surface area (Å²) >= 11 is 1.54. The number of hydrogen-bond acceptors (Lipinski definition) is 6. The number of carbonyl (C=O) groups is 2. The second-order valence-electron chi connectivity index (χ2n) is 5.96. The van der Waals surface area contributed by atoms with Crippen molar-refractivity contribution in [1.29, 1.82) is 0 Å². The van der Waals surface area contributed by atoms with Gasteiger partial charge < -0.3 is 24.8 Å².